The van der Waals surface area contributed by atoms with E-state index in [-0.39, 0.29) is 0 Å². The number of nitrogens with zero attached hydrogens (tertiary/aromatic N) is 1. The topological polar surface area (TPSA) is 51.1 Å². The molecule has 0 fully saturated rings. The molecular weight excluding hydrogens is 336 g/mol. The second kappa shape index (κ2) is 7.81. The van der Waals surface area contributed by atoms with Crippen molar-refractivity contribution in [3.63, 3.8) is 0 Å². The maximum absolute atomic E-state index is 12.4. The first-order valence-electron chi connectivity index (χ1n) is 7.95. The van der Waals surface area contributed by atoms with Crippen LogP contribution in [0.25, 0.3) is 5.69 Å². The van der Waals surface area contributed by atoms with E-state index in [1.807, 2.05) is 42.5 Å². The van der Waals surface area contributed by atoms with Crippen LogP contribution in [0.15, 0.2) is 72.9 Å². The number of benzene rings is 2. The summed E-state index contributed by atoms with van der Waals surface area (Å²) >= 11 is 5.84. The lowest BCUT2D eigenvalue weighted by molar-refractivity contribution is -0.117. The van der Waals surface area contributed by atoms with E-state index in [1.165, 1.54) is 0 Å². The van der Waals surface area contributed by atoms with Gasteiger partial charge in [-0.05, 0) is 48.4 Å². The van der Waals surface area contributed by atoms with Gasteiger partial charge in [-0.3, -0.25) is 9.59 Å². The highest BCUT2D eigenvalue weighted by Gasteiger charge is 2.19. The van der Waals surface area contributed by atoms with Crippen molar-refractivity contribution in [2.24, 2.45) is 0 Å². The van der Waals surface area contributed by atoms with Crippen LogP contribution >= 0.6 is 11.6 Å². The lowest BCUT2D eigenvalue weighted by atomic mass is 10.1. The van der Waals surface area contributed by atoms with Gasteiger partial charge in [-0.2, -0.15) is 0 Å². The van der Waals surface area contributed by atoms with Crippen molar-refractivity contribution in [2.75, 3.05) is 6.54 Å². The van der Waals surface area contributed by atoms with Gasteiger partial charge in [-0.1, -0.05) is 41.9 Å². The van der Waals surface area contributed by atoms with Crippen LogP contribution in [0.1, 0.15) is 16.1 Å². The van der Waals surface area contributed by atoms with Gasteiger partial charge in [0.1, 0.15) is 0 Å². The minimum atomic E-state index is -0.607. The lowest BCUT2D eigenvalue weighted by Gasteiger charge is -2.09. The third kappa shape index (κ3) is 4.17. The summed E-state index contributed by atoms with van der Waals surface area (Å²) in [5, 5.41) is 3.35. The number of aromatic nitrogens is 1. The molecule has 0 bridgehead atoms. The Morgan fingerprint density at radius 2 is 1.64 bits per heavy atom. The molecule has 0 aliphatic carbocycles. The number of amides is 1. The van der Waals surface area contributed by atoms with E-state index in [2.05, 4.69) is 5.32 Å². The Morgan fingerprint density at radius 3 is 2.36 bits per heavy atom. The van der Waals surface area contributed by atoms with Gasteiger partial charge < -0.3 is 9.88 Å². The van der Waals surface area contributed by atoms with E-state index in [0.717, 1.165) is 11.3 Å². The van der Waals surface area contributed by atoms with E-state index in [9.17, 15) is 9.59 Å². The first-order valence-corrected chi connectivity index (χ1v) is 8.33. The predicted molar refractivity (Wildman–Crippen MR) is 98.3 cm³/mol. The van der Waals surface area contributed by atoms with Crippen molar-refractivity contribution in [2.45, 2.75) is 6.42 Å². The largest absolute Gasteiger partial charge is 0.349 e. The van der Waals surface area contributed by atoms with Gasteiger partial charge in [0.05, 0.1) is 5.69 Å². The number of nitrogens with one attached hydrogen (secondary N) is 1. The molecular formula is C20H17ClN2O2. The van der Waals surface area contributed by atoms with Crippen LogP contribution in [0.2, 0.25) is 5.02 Å². The summed E-state index contributed by atoms with van der Waals surface area (Å²) in [7, 11) is 0. The van der Waals surface area contributed by atoms with Crippen molar-refractivity contribution in [1.82, 2.24) is 9.88 Å². The van der Waals surface area contributed by atoms with Gasteiger partial charge in [0.25, 0.3) is 11.7 Å². The summed E-state index contributed by atoms with van der Waals surface area (Å²) in [5.41, 5.74) is 2.23. The molecule has 0 radical (unpaired) electrons. The van der Waals surface area contributed by atoms with Crippen molar-refractivity contribution < 1.29 is 9.59 Å². The highest BCUT2D eigenvalue weighted by atomic mass is 35.5. The average molecular weight is 353 g/mol. The van der Waals surface area contributed by atoms with E-state index in [4.69, 9.17) is 11.6 Å². The number of Topliss-reactive ketones (excluding diaryl/α,β-unsaturated/α-hetero) is 1. The van der Waals surface area contributed by atoms with Crippen LogP contribution in [0.3, 0.4) is 0 Å². The van der Waals surface area contributed by atoms with Gasteiger partial charge >= 0.3 is 0 Å². The molecule has 0 saturated heterocycles. The number of ketones is 1. The van der Waals surface area contributed by atoms with Crippen LogP contribution in [-0.4, -0.2) is 22.8 Å². The Bertz CT molecular complexity index is 870. The monoisotopic (exact) mass is 352 g/mol. The molecule has 0 unspecified atom stereocenters. The molecule has 1 aromatic heterocycles. The summed E-state index contributed by atoms with van der Waals surface area (Å²) in [6.45, 7) is 0.387. The SMILES string of the molecule is O=C(NCCc1ccc(Cl)cc1)C(=O)c1cccn1-c1ccccc1. The van der Waals surface area contributed by atoms with E-state index < -0.39 is 11.7 Å². The van der Waals surface area contributed by atoms with Crippen LogP contribution < -0.4 is 5.32 Å². The molecule has 25 heavy (non-hydrogen) atoms. The summed E-state index contributed by atoms with van der Waals surface area (Å²) < 4.78 is 1.71. The van der Waals surface area contributed by atoms with E-state index >= 15 is 0 Å². The highest BCUT2D eigenvalue weighted by Crippen LogP contribution is 2.13. The first-order chi connectivity index (χ1) is 12.1. The molecule has 4 nitrogen and oxygen atoms in total. The fraction of sp³-hybridized carbons (Fsp3) is 0.100. The van der Waals surface area contributed by atoms with Crippen LogP contribution in [0, 0.1) is 0 Å². The average Bonchev–Trinajstić information content (AvgIpc) is 3.13. The number of halogens is 1. The highest BCUT2D eigenvalue weighted by molar-refractivity contribution is 6.42. The van der Waals surface area contributed by atoms with Gasteiger partial charge in [0.2, 0.25) is 0 Å². The van der Waals surface area contributed by atoms with Crippen LogP contribution in [0.5, 0.6) is 0 Å². The second-order valence-corrected chi connectivity index (χ2v) is 6.00. The number of rotatable bonds is 6. The maximum Gasteiger partial charge on any atom is 0.294 e. The van der Waals surface area contributed by atoms with Gasteiger partial charge in [0, 0.05) is 23.5 Å². The van der Waals surface area contributed by atoms with E-state index in [0.29, 0.717) is 23.7 Å². The van der Waals surface area contributed by atoms with Crippen molar-refractivity contribution >= 4 is 23.3 Å². The Labute approximate surface area is 151 Å². The third-order valence-corrected chi connectivity index (χ3v) is 4.09. The third-order valence-electron chi connectivity index (χ3n) is 3.83. The van der Waals surface area contributed by atoms with Crippen molar-refractivity contribution in [1.29, 1.82) is 0 Å². The predicted octanol–water partition coefficient (Wildman–Crippen LogP) is 3.67. The molecule has 1 amide bonds. The molecule has 0 aliphatic heterocycles. The summed E-state index contributed by atoms with van der Waals surface area (Å²) in [6.07, 6.45) is 2.40. The second-order valence-electron chi connectivity index (χ2n) is 5.56. The molecule has 5 heteroatoms. The summed E-state index contributed by atoms with van der Waals surface area (Å²) in [6, 6.07) is 20.2. The fourth-order valence-electron chi connectivity index (χ4n) is 2.55. The molecule has 2 aromatic carbocycles. The minimum absolute atomic E-state index is 0.343. The number of para-hydroxylation sites is 1. The minimum Gasteiger partial charge on any atom is -0.349 e. The van der Waals surface area contributed by atoms with Crippen molar-refractivity contribution in [3.8, 4) is 5.69 Å². The molecule has 0 spiro atoms. The van der Waals surface area contributed by atoms with Gasteiger partial charge in [-0.15, -0.1) is 0 Å². The Kier molecular flexibility index (Phi) is 5.31. The number of carbonyl (C=O) groups excluding carboxylic acids is 2. The molecule has 0 saturated carbocycles. The molecule has 1 N–H and O–H groups in total. The number of hydrogen-bond donors (Lipinski definition) is 1. The Balaban J connectivity index is 1.62. The Morgan fingerprint density at radius 1 is 0.920 bits per heavy atom. The molecule has 3 aromatic rings. The summed E-state index contributed by atoms with van der Waals surface area (Å²) in [5.74, 6) is -1.16. The zero-order chi connectivity index (χ0) is 17.6. The molecule has 0 atom stereocenters. The molecule has 3 rings (SSSR count). The number of hydrogen-bond acceptors (Lipinski definition) is 2. The smallest absolute Gasteiger partial charge is 0.294 e. The quantitative estimate of drug-likeness (QED) is 0.543. The van der Waals surface area contributed by atoms with Crippen LogP contribution in [-0.2, 0) is 11.2 Å². The molecule has 0 aliphatic rings. The van der Waals surface area contributed by atoms with E-state index in [1.54, 1.807) is 35.0 Å². The zero-order valence-electron chi connectivity index (χ0n) is 13.5. The van der Waals surface area contributed by atoms with Gasteiger partial charge in [-0.25, -0.2) is 0 Å². The summed E-state index contributed by atoms with van der Waals surface area (Å²) in [4.78, 5) is 24.6. The van der Waals surface area contributed by atoms with Crippen molar-refractivity contribution in [3.05, 3.63) is 89.2 Å². The first kappa shape index (κ1) is 17.0. The number of carbonyl (C=O) groups is 2. The zero-order valence-corrected chi connectivity index (χ0v) is 14.2. The molecule has 1 heterocycles. The van der Waals surface area contributed by atoms with Crippen LogP contribution in [0.4, 0.5) is 0 Å². The Hall–Kier alpha value is -2.85. The fourth-order valence-corrected chi connectivity index (χ4v) is 2.67. The standard InChI is InChI=1S/C20H17ClN2O2/c21-16-10-8-15(9-11-16)12-13-22-20(25)19(24)18-7-4-14-23(18)17-5-2-1-3-6-17/h1-11,14H,12-13H2,(H,22,25). The molecule has 126 valence electrons. The van der Waals surface area contributed by atoms with Gasteiger partial charge in [0.15, 0.2) is 0 Å². The normalized spacial score (nSPS) is 10.4. The maximum atomic E-state index is 12.4. The lowest BCUT2D eigenvalue weighted by Crippen LogP contribution is -2.33.